The number of nitrogens with two attached hydrogens (primary N) is 1. The first kappa shape index (κ1) is 18.4. The molecule has 0 aliphatic carbocycles. The number of sulfonamides is 1. The largest absolute Gasteiger partial charge is 0.484 e. The van der Waals surface area contributed by atoms with Crippen molar-refractivity contribution < 1.29 is 17.9 Å². The Morgan fingerprint density at radius 2 is 1.74 bits per heavy atom. The zero-order valence-electron chi connectivity index (χ0n) is 14.2. The predicted molar refractivity (Wildman–Crippen MR) is 103 cm³/mol. The number of hydrogen-bond acceptors (Lipinski definition) is 5. The summed E-state index contributed by atoms with van der Waals surface area (Å²) in [6.07, 6.45) is 1.37. The molecule has 3 rings (SSSR count). The molecule has 0 aliphatic rings. The third kappa shape index (κ3) is 4.83. The second kappa shape index (κ2) is 7.88. The molecule has 0 saturated heterocycles. The van der Waals surface area contributed by atoms with Crippen LogP contribution in [-0.4, -0.2) is 27.1 Å². The minimum atomic E-state index is -3.77. The predicted octanol–water partition coefficient (Wildman–Crippen LogP) is 2.02. The number of nitrogens with zero attached hydrogens (tertiary/aromatic N) is 1. The van der Waals surface area contributed by atoms with Crippen molar-refractivity contribution in [2.45, 2.75) is 4.90 Å². The number of fused-ring (bicyclic) bond motifs is 1. The molecule has 0 fully saturated rings. The van der Waals surface area contributed by atoms with Gasteiger partial charge in [0.25, 0.3) is 15.9 Å². The molecule has 1 amide bonds. The molecule has 3 aromatic rings. The molecule has 3 aromatic carbocycles. The van der Waals surface area contributed by atoms with Gasteiger partial charge in [0.1, 0.15) is 5.75 Å². The molecule has 0 radical (unpaired) electrons. The van der Waals surface area contributed by atoms with Gasteiger partial charge in [-0.1, -0.05) is 30.3 Å². The maximum atomic E-state index is 12.4. The lowest BCUT2D eigenvalue weighted by Crippen LogP contribution is -2.20. The van der Waals surface area contributed by atoms with Gasteiger partial charge < -0.3 is 10.5 Å². The summed E-state index contributed by atoms with van der Waals surface area (Å²) in [5.74, 6) is -0.0913. The van der Waals surface area contributed by atoms with Crippen LogP contribution in [-0.2, 0) is 14.8 Å². The maximum Gasteiger partial charge on any atom is 0.276 e. The first-order chi connectivity index (χ1) is 12.9. The van der Waals surface area contributed by atoms with E-state index in [4.69, 9.17) is 10.5 Å². The van der Waals surface area contributed by atoms with Gasteiger partial charge in [0, 0.05) is 0 Å². The minimum absolute atomic E-state index is 0.133. The molecule has 0 bridgehead atoms. The lowest BCUT2D eigenvalue weighted by Gasteiger charge is -2.05. The van der Waals surface area contributed by atoms with E-state index in [1.807, 2.05) is 24.3 Å². The Morgan fingerprint density at radius 1 is 1.04 bits per heavy atom. The Kier molecular flexibility index (Phi) is 5.37. The molecule has 3 N–H and O–H groups in total. The average Bonchev–Trinajstić information content (AvgIpc) is 2.67. The Hall–Kier alpha value is -3.39. The van der Waals surface area contributed by atoms with Crippen LogP contribution >= 0.6 is 0 Å². The van der Waals surface area contributed by atoms with Gasteiger partial charge in [0.05, 0.1) is 11.1 Å². The summed E-state index contributed by atoms with van der Waals surface area (Å²) in [6.45, 7) is -0.209. The number of primary amides is 1. The summed E-state index contributed by atoms with van der Waals surface area (Å²) in [6, 6.07) is 19.0. The zero-order valence-corrected chi connectivity index (χ0v) is 15.0. The Morgan fingerprint density at radius 3 is 2.44 bits per heavy atom. The van der Waals surface area contributed by atoms with Crippen molar-refractivity contribution in [2.75, 3.05) is 6.61 Å². The highest BCUT2D eigenvalue weighted by Crippen LogP contribution is 2.18. The van der Waals surface area contributed by atoms with Crippen LogP contribution in [0.5, 0.6) is 5.75 Å². The number of rotatable bonds is 7. The SMILES string of the molecule is NC(=O)COc1ccc(/C=N\NS(=O)(=O)c2ccc3ccccc3c2)cc1. The summed E-state index contributed by atoms with van der Waals surface area (Å²) >= 11 is 0. The second-order valence-corrected chi connectivity index (χ2v) is 7.35. The van der Waals surface area contributed by atoms with Crippen LogP contribution in [0.2, 0.25) is 0 Å². The van der Waals surface area contributed by atoms with Crippen LogP contribution < -0.4 is 15.3 Å². The number of ether oxygens (including phenoxy) is 1. The second-order valence-electron chi connectivity index (χ2n) is 5.69. The highest BCUT2D eigenvalue weighted by atomic mass is 32.2. The normalized spacial score (nSPS) is 11.6. The summed E-state index contributed by atoms with van der Waals surface area (Å²) in [5.41, 5.74) is 5.66. The van der Waals surface area contributed by atoms with E-state index in [9.17, 15) is 13.2 Å². The molecular weight excluding hydrogens is 366 g/mol. The fraction of sp³-hybridized carbons (Fsp3) is 0.0526. The van der Waals surface area contributed by atoms with E-state index < -0.39 is 15.9 Å². The highest BCUT2D eigenvalue weighted by Gasteiger charge is 2.13. The van der Waals surface area contributed by atoms with E-state index in [-0.39, 0.29) is 11.5 Å². The van der Waals surface area contributed by atoms with E-state index >= 15 is 0 Å². The van der Waals surface area contributed by atoms with Crippen LogP contribution in [0.1, 0.15) is 5.56 Å². The summed E-state index contributed by atoms with van der Waals surface area (Å²) < 4.78 is 29.9. The highest BCUT2D eigenvalue weighted by molar-refractivity contribution is 7.89. The summed E-state index contributed by atoms with van der Waals surface area (Å²) in [5, 5.41) is 5.58. The molecule has 0 unspecified atom stereocenters. The van der Waals surface area contributed by atoms with E-state index in [2.05, 4.69) is 9.93 Å². The number of hydrazone groups is 1. The third-order valence-electron chi connectivity index (χ3n) is 3.68. The zero-order chi connectivity index (χ0) is 19.3. The lowest BCUT2D eigenvalue weighted by atomic mass is 10.1. The molecule has 0 atom stereocenters. The third-order valence-corrected chi connectivity index (χ3v) is 4.90. The topological polar surface area (TPSA) is 111 Å². The lowest BCUT2D eigenvalue weighted by molar-refractivity contribution is -0.119. The molecule has 0 heterocycles. The molecule has 0 saturated carbocycles. The number of carbonyl (C=O) groups excluding carboxylic acids is 1. The summed E-state index contributed by atoms with van der Waals surface area (Å²) in [7, 11) is -3.77. The quantitative estimate of drug-likeness (QED) is 0.480. The summed E-state index contributed by atoms with van der Waals surface area (Å²) in [4.78, 5) is 13.0. The Bertz CT molecular complexity index is 1090. The Balaban J connectivity index is 1.67. The van der Waals surface area contributed by atoms with Crippen LogP contribution in [0, 0.1) is 0 Å². The van der Waals surface area contributed by atoms with Crippen molar-refractivity contribution in [2.24, 2.45) is 10.8 Å². The fourth-order valence-corrected chi connectivity index (χ4v) is 3.19. The molecule has 0 aliphatic heterocycles. The van der Waals surface area contributed by atoms with Gasteiger partial charge in [-0.2, -0.15) is 13.5 Å². The molecule has 8 heteroatoms. The van der Waals surface area contributed by atoms with Crippen molar-refractivity contribution in [3.63, 3.8) is 0 Å². The van der Waals surface area contributed by atoms with Crippen molar-refractivity contribution in [1.29, 1.82) is 0 Å². The average molecular weight is 383 g/mol. The van der Waals surface area contributed by atoms with Gasteiger partial charge in [0.2, 0.25) is 0 Å². The van der Waals surface area contributed by atoms with Crippen molar-refractivity contribution in [3.05, 3.63) is 72.3 Å². The molecule has 0 aromatic heterocycles. The number of benzene rings is 3. The molecule has 27 heavy (non-hydrogen) atoms. The van der Waals surface area contributed by atoms with E-state index in [1.165, 1.54) is 12.3 Å². The van der Waals surface area contributed by atoms with E-state index in [0.29, 0.717) is 11.3 Å². The van der Waals surface area contributed by atoms with Gasteiger partial charge in [-0.3, -0.25) is 4.79 Å². The van der Waals surface area contributed by atoms with Crippen LogP contribution in [0.15, 0.2) is 76.7 Å². The van der Waals surface area contributed by atoms with Crippen molar-refractivity contribution in [1.82, 2.24) is 4.83 Å². The molecule has 138 valence electrons. The minimum Gasteiger partial charge on any atom is -0.484 e. The number of nitrogens with one attached hydrogen (secondary N) is 1. The number of amides is 1. The standard InChI is InChI=1S/C19H17N3O4S/c20-19(23)13-26-17-8-5-14(6-9-17)12-21-22-27(24,25)18-10-7-15-3-1-2-4-16(15)11-18/h1-12,22H,13H2,(H2,20,23)/b21-12-. The maximum absolute atomic E-state index is 12.4. The molecule has 7 nitrogen and oxygen atoms in total. The van der Waals surface area contributed by atoms with Crippen LogP contribution in [0.4, 0.5) is 0 Å². The monoisotopic (exact) mass is 383 g/mol. The number of carbonyl (C=O) groups is 1. The van der Waals surface area contributed by atoms with E-state index in [0.717, 1.165) is 10.8 Å². The van der Waals surface area contributed by atoms with Crippen LogP contribution in [0.3, 0.4) is 0 Å². The fourth-order valence-electron chi connectivity index (χ4n) is 2.36. The van der Waals surface area contributed by atoms with Gasteiger partial charge in [-0.15, -0.1) is 0 Å². The van der Waals surface area contributed by atoms with E-state index in [1.54, 1.807) is 36.4 Å². The first-order valence-electron chi connectivity index (χ1n) is 7.99. The van der Waals surface area contributed by atoms with Gasteiger partial charge >= 0.3 is 0 Å². The van der Waals surface area contributed by atoms with Crippen LogP contribution in [0.25, 0.3) is 10.8 Å². The van der Waals surface area contributed by atoms with Crippen molar-refractivity contribution in [3.8, 4) is 5.75 Å². The van der Waals surface area contributed by atoms with Crippen molar-refractivity contribution >= 4 is 32.9 Å². The Labute approximate surface area is 156 Å². The van der Waals surface area contributed by atoms with Gasteiger partial charge in [0.15, 0.2) is 6.61 Å². The smallest absolute Gasteiger partial charge is 0.276 e. The van der Waals surface area contributed by atoms with Gasteiger partial charge in [-0.05, 0) is 52.7 Å². The number of hydrogen-bond donors (Lipinski definition) is 2. The first-order valence-corrected chi connectivity index (χ1v) is 9.47. The molecule has 0 spiro atoms. The molecular formula is C19H17N3O4S. The van der Waals surface area contributed by atoms with Gasteiger partial charge in [-0.25, -0.2) is 4.83 Å².